The molecule has 1 saturated heterocycles. The molecule has 33 heavy (non-hydrogen) atoms. The van der Waals surface area contributed by atoms with E-state index in [4.69, 9.17) is 21.7 Å². The number of thiocarbonyl (C=S) groups is 1. The maximum absolute atomic E-state index is 13.0. The first kappa shape index (κ1) is 23.1. The molecular weight excluding hydrogens is 450 g/mol. The van der Waals surface area contributed by atoms with Crippen LogP contribution in [0, 0.1) is 6.92 Å². The van der Waals surface area contributed by atoms with E-state index >= 15 is 0 Å². The minimum absolute atomic E-state index is 0.0760. The molecule has 0 aromatic heterocycles. The van der Waals surface area contributed by atoms with Gasteiger partial charge in [-0.2, -0.15) is 0 Å². The lowest BCUT2D eigenvalue weighted by Gasteiger charge is -2.14. The van der Waals surface area contributed by atoms with E-state index in [1.165, 1.54) is 17.3 Å². The minimum atomic E-state index is -0.0760. The third kappa shape index (κ3) is 5.83. The fourth-order valence-electron chi connectivity index (χ4n) is 3.40. The molecule has 0 atom stereocenters. The first-order chi connectivity index (χ1) is 16.0. The molecule has 1 aliphatic rings. The van der Waals surface area contributed by atoms with Gasteiger partial charge in [0.15, 0.2) is 11.5 Å². The smallest absolute Gasteiger partial charge is 0.266 e. The van der Waals surface area contributed by atoms with Gasteiger partial charge in [0.05, 0.1) is 18.1 Å². The number of ether oxygens (including phenoxy) is 2. The molecule has 1 amide bonds. The highest BCUT2D eigenvalue weighted by Crippen LogP contribution is 2.35. The molecular formula is C27H25NO3S2. The van der Waals surface area contributed by atoms with Crippen LogP contribution < -0.4 is 9.47 Å². The summed E-state index contributed by atoms with van der Waals surface area (Å²) < 4.78 is 12.4. The largest absolute Gasteiger partial charge is 0.490 e. The molecule has 3 aromatic rings. The highest BCUT2D eigenvalue weighted by atomic mass is 32.2. The lowest BCUT2D eigenvalue weighted by molar-refractivity contribution is -0.122. The van der Waals surface area contributed by atoms with E-state index in [0.29, 0.717) is 40.5 Å². The van der Waals surface area contributed by atoms with Crippen LogP contribution in [0.2, 0.25) is 0 Å². The molecule has 0 bridgehead atoms. The number of rotatable bonds is 8. The van der Waals surface area contributed by atoms with E-state index in [9.17, 15) is 4.79 Å². The summed E-state index contributed by atoms with van der Waals surface area (Å²) in [5.41, 5.74) is 4.18. The molecule has 4 rings (SSSR count). The van der Waals surface area contributed by atoms with Crippen LogP contribution in [0.3, 0.4) is 0 Å². The van der Waals surface area contributed by atoms with Crippen molar-refractivity contribution in [1.29, 1.82) is 0 Å². The van der Waals surface area contributed by atoms with Gasteiger partial charge in [0.25, 0.3) is 5.91 Å². The molecule has 0 saturated carbocycles. The second-order valence-electron chi connectivity index (χ2n) is 7.67. The summed E-state index contributed by atoms with van der Waals surface area (Å²) in [5, 5.41) is 0. The average molecular weight is 476 g/mol. The standard InChI is InChI=1S/C27H25NO3S2/c1-3-30-24-15-22(13-14-23(24)31-18-21-7-5-4-6-8-21)16-25-26(29)28(27(32)33-25)17-20-11-9-19(2)10-12-20/h4-16H,3,17-18H2,1-2H3. The number of thioether (sulfide) groups is 1. The fraction of sp³-hybridized carbons (Fsp3) is 0.185. The first-order valence-electron chi connectivity index (χ1n) is 10.8. The Balaban J connectivity index is 1.50. The third-order valence-electron chi connectivity index (χ3n) is 5.14. The maximum Gasteiger partial charge on any atom is 0.266 e. The number of nitrogens with zero attached hydrogens (tertiary/aromatic N) is 1. The molecule has 1 heterocycles. The number of hydrogen-bond donors (Lipinski definition) is 0. The van der Waals surface area contributed by atoms with Crippen molar-refractivity contribution in [1.82, 2.24) is 4.90 Å². The lowest BCUT2D eigenvalue weighted by atomic mass is 10.1. The second kappa shape index (κ2) is 10.7. The Morgan fingerprint density at radius 1 is 0.939 bits per heavy atom. The third-order valence-corrected chi connectivity index (χ3v) is 6.52. The molecule has 0 N–H and O–H groups in total. The van der Waals surface area contributed by atoms with Crippen LogP contribution in [0.5, 0.6) is 11.5 Å². The van der Waals surface area contributed by atoms with Crippen molar-refractivity contribution in [3.63, 3.8) is 0 Å². The molecule has 168 valence electrons. The predicted molar refractivity (Wildman–Crippen MR) is 138 cm³/mol. The zero-order valence-electron chi connectivity index (χ0n) is 18.6. The van der Waals surface area contributed by atoms with Crippen LogP contribution >= 0.6 is 24.0 Å². The summed E-state index contributed by atoms with van der Waals surface area (Å²) in [5.74, 6) is 1.25. The van der Waals surface area contributed by atoms with Gasteiger partial charge in [-0.05, 0) is 48.7 Å². The van der Waals surface area contributed by atoms with Crippen LogP contribution in [0.1, 0.15) is 29.2 Å². The van der Waals surface area contributed by atoms with Gasteiger partial charge in [0, 0.05) is 0 Å². The Morgan fingerprint density at radius 3 is 2.42 bits per heavy atom. The van der Waals surface area contributed by atoms with Crippen LogP contribution in [-0.4, -0.2) is 21.7 Å². The number of carbonyl (C=O) groups is 1. The number of aryl methyl sites for hydroxylation is 1. The Hall–Kier alpha value is -3.09. The first-order valence-corrected chi connectivity index (χ1v) is 12.0. The molecule has 0 radical (unpaired) electrons. The van der Waals surface area contributed by atoms with Crippen LogP contribution in [0.4, 0.5) is 0 Å². The monoisotopic (exact) mass is 475 g/mol. The van der Waals surface area contributed by atoms with E-state index in [0.717, 1.165) is 16.7 Å². The van der Waals surface area contributed by atoms with Gasteiger partial charge >= 0.3 is 0 Å². The number of amides is 1. The van der Waals surface area contributed by atoms with Crippen LogP contribution in [0.15, 0.2) is 77.7 Å². The van der Waals surface area contributed by atoms with Gasteiger partial charge in [-0.15, -0.1) is 0 Å². The van der Waals surface area contributed by atoms with Crippen LogP contribution in [0.25, 0.3) is 6.08 Å². The summed E-state index contributed by atoms with van der Waals surface area (Å²) in [6.07, 6.45) is 1.86. The van der Waals surface area contributed by atoms with Crippen molar-refractivity contribution in [2.45, 2.75) is 27.0 Å². The zero-order chi connectivity index (χ0) is 23.2. The number of carbonyl (C=O) groups excluding carboxylic acids is 1. The van der Waals surface area contributed by atoms with E-state index in [2.05, 4.69) is 0 Å². The van der Waals surface area contributed by atoms with Crippen molar-refractivity contribution >= 4 is 40.3 Å². The van der Waals surface area contributed by atoms with Crippen molar-refractivity contribution in [2.24, 2.45) is 0 Å². The van der Waals surface area contributed by atoms with E-state index in [1.807, 2.05) is 92.7 Å². The quantitative estimate of drug-likeness (QED) is 0.279. The molecule has 0 aliphatic carbocycles. The summed E-state index contributed by atoms with van der Waals surface area (Å²) in [6, 6.07) is 23.8. The van der Waals surface area contributed by atoms with Gasteiger partial charge in [-0.1, -0.05) is 90.2 Å². The summed E-state index contributed by atoms with van der Waals surface area (Å²) >= 11 is 6.81. The molecule has 0 spiro atoms. The topological polar surface area (TPSA) is 38.8 Å². The van der Waals surface area contributed by atoms with Gasteiger partial charge in [0.2, 0.25) is 0 Å². The molecule has 6 heteroatoms. The second-order valence-corrected chi connectivity index (χ2v) is 9.34. The number of hydrogen-bond acceptors (Lipinski definition) is 5. The molecule has 0 unspecified atom stereocenters. The van der Waals surface area contributed by atoms with Crippen molar-refractivity contribution < 1.29 is 14.3 Å². The minimum Gasteiger partial charge on any atom is -0.490 e. The Kier molecular flexibility index (Phi) is 7.47. The average Bonchev–Trinajstić information content (AvgIpc) is 3.08. The highest BCUT2D eigenvalue weighted by molar-refractivity contribution is 8.26. The lowest BCUT2D eigenvalue weighted by Crippen LogP contribution is -2.27. The molecule has 1 aliphatic heterocycles. The van der Waals surface area contributed by atoms with Gasteiger partial charge in [-0.3, -0.25) is 9.69 Å². The maximum atomic E-state index is 13.0. The highest BCUT2D eigenvalue weighted by Gasteiger charge is 2.32. The van der Waals surface area contributed by atoms with Crippen molar-refractivity contribution in [2.75, 3.05) is 6.61 Å². The van der Waals surface area contributed by atoms with Gasteiger partial charge < -0.3 is 9.47 Å². The van der Waals surface area contributed by atoms with E-state index in [-0.39, 0.29) is 5.91 Å². The number of benzene rings is 3. The summed E-state index contributed by atoms with van der Waals surface area (Å²) in [6.45, 7) is 5.42. The van der Waals surface area contributed by atoms with Gasteiger partial charge in [-0.25, -0.2) is 0 Å². The van der Waals surface area contributed by atoms with Crippen molar-refractivity contribution in [3.05, 3.63) is 100.0 Å². The molecule has 1 fully saturated rings. The summed E-state index contributed by atoms with van der Waals surface area (Å²) in [4.78, 5) is 15.3. The Morgan fingerprint density at radius 2 is 1.70 bits per heavy atom. The SMILES string of the molecule is CCOc1cc(C=C2SC(=S)N(Cc3ccc(C)cc3)C2=O)ccc1OCc1ccccc1. The Labute approximate surface area is 204 Å². The molecule has 4 nitrogen and oxygen atoms in total. The van der Waals surface area contributed by atoms with Crippen LogP contribution in [-0.2, 0) is 17.9 Å². The van der Waals surface area contributed by atoms with Gasteiger partial charge in [0.1, 0.15) is 10.9 Å². The fourth-order valence-corrected chi connectivity index (χ4v) is 4.66. The summed E-state index contributed by atoms with van der Waals surface area (Å²) in [7, 11) is 0. The zero-order valence-corrected chi connectivity index (χ0v) is 20.2. The Bertz CT molecular complexity index is 1170. The van der Waals surface area contributed by atoms with E-state index in [1.54, 1.807) is 4.90 Å². The normalized spacial score (nSPS) is 14.7. The van der Waals surface area contributed by atoms with E-state index < -0.39 is 0 Å². The predicted octanol–water partition coefficient (Wildman–Crippen LogP) is 6.37. The molecule has 3 aromatic carbocycles. The van der Waals surface area contributed by atoms with Crippen molar-refractivity contribution in [3.8, 4) is 11.5 Å².